The number of urea groups is 1. The van der Waals surface area contributed by atoms with Gasteiger partial charge in [0, 0.05) is 5.92 Å². The molecule has 0 aromatic heterocycles. The predicted octanol–water partition coefficient (Wildman–Crippen LogP) is 1.42. The van der Waals surface area contributed by atoms with E-state index in [2.05, 4.69) is 5.32 Å². The Morgan fingerprint density at radius 2 is 1.86 bits per heavy atom. The molecule has 3 heterocycles. The summed E-state index contributed by atoms with van der Waals surface area (Å²) in [7, 11) is 0. The number of nitrogens with zero attached hydrogens (tertiary/aromatic N) is 1. The SMILES string of the molecule is C[C@]1(c2ccc3c(c2)OCCO3)NC(=O)N(C[NH+]2CCC[C@H]3CCCC[C@@H]32)C1=O. The first-order chi connectivity index (χ1) is 14.1. The maximum atomic E-state index is 13.4. The van der Waals surface area contributed by atoms with Crippen LogP contribution in [0, 0.1) is 5.92 Å². The molecule has 0 spiro atoms. The van der Waals surface area contributed by atoms with Gasteiger partial charge in [-0.25, -0.2) is 9.69 Å². The van der Waals surface area contributed by atoms with Gasteiger partial charge in [-0.15, -0.1) is 0 Å². The molecule has 156 valence electrons. The molecular formula is C22H30N3O4+. The van der Waals surface area contributed by atoms with Gasteiger partial charge in [0.2, 0.25) is 0 Å². The van der Waals surface area contributed by atoms with Crippen LogP contribution in [0.5, 0.6) is 11.5 Å². The van der Waals surface area contributed by atoms with Crippen LogP contribution in [0.2, 0.25) is 0 Å². The van der Waals surface area contributed by atoms with Gasteiger partial charge in [-0.2, -0.15) is 0 Å². The van der Waals surface area contributed by atoms with Gasteiger partial charge in [0.1, 0.15) is 18.8 Å². The lowest BCUT2D eigenvalue weighted by Crippen LogP contribution is -3.19. The molecule has 2 N–H and O–H groups in total. The van der Waals surface area contributed by atoms with Crippen LogP contribution in [0.15, 0.2) is 18.2 Å². The quantitative estimate of drug-likeness (QED) is 0.753. The van der Waals surface area contributed by atoms with Gasteiger partial charge in [-0.3, -0.25) is 4.79 Å². The van der Waals surface area contributed by atoms with Crippen molar-refractivity contribution < 1.29 is 24.0 Å². The first-order valence-corrected chi connectivity index (χ1v) is 10.9. The molecule has 3 fully saturated rings. The molecule has 7 nitrogen and oxygen atoms in total. The van der Waals surface area contributed by atoms with Crippen molar-refractivity contribution in [2.45, 2.75) is 57.0 Å². The lowest BCUT2D eigenvalue weighted by atomic mass is 9.78. The van der Waals surface area contributed by atoms with Crippen LogP contribution in [-0.2, 0) is 10.3 Å². The molecule has 1 aromatic carbocycles. The van der Waals surface area contributed by atoms with Crippen LogP contribution in [-0.4, -0.2) is 49.3 Å². The Morgan fingerprint density at radius 1 is 1.10 bits per heavy atom. The number of nitrogens with one attached hydrogen (secondary N) is 2. The van der Waals surface area contributed by atoms with E-state index in [0.29, 0.717) is 37.4 Å². The molecule has 2 saturated heterocycles. The molecule has 1 aromatic rings. The number of ether oxygens (including phenoxy) is 2. The third kappa shape index (κ3) is 3.16. The summed E-state index contributed by atoms with van der Waals surface area (Å²) in [5.41, 5.74) is -0.347. The van der Waals surface area contributed by atoms with E-state index in [-0.39, 0.29) is 11.9 Å². The number of hydrogen-bond donors (Lipinski definition) is 2. The molecule has 29 heavy (non-hydrogen) atoms. The highest BCUT2D eigenvalue weighted by Gasteiger charge is 2.51. The zero-order valence-electron chi connectivity index (χ0n) is 17.0. The van der Waals surface area contributed by atoms with Gasteiger partial charge in [-0.05, 0) is 56.7 Å². The van der Waals surface area contributed by atoms with Gasteiger partial charge in [0.15, 0.2) is 18.2 Å². The summed E-state index contributed by atoms with van der Waals surface area (Å²) >= 11 is 0. The van der Waals surface area contributed by atoms with Gasteiger partial charge in [0.25, 0.3) is 5.91 Å². The molecule has 1 aliphatic carbocycles. The first-order valence-electron chi connectivity index (χ1n) is 10.9. The molecule has 1 unspecified atom stereocenters. The van der Waals surface area contributed by atoms with Crippen LogP contribution in [0.4, 0.5) is 4.79 Å². The summed E-state index contributed by atoms with van der Waals surface area (Å²) in [4.78, 5) is 29.1. The van der Waals surface area contributed by atoms with Crippen molar-refractivity contribution in [1.29, 1.82) is 0 Å². The number of carbonyl (C=O) groups is 2. The number of carbonyl (C=O) groups excluding carboxylic acids is 2. The summed E-state index contributed by atoms with van der Waals surface area (Å²) in [5.74, 6) is 1.88. The minimum Gasteiger partial charge on any atom is -0.486 e. The second-order valence-electron chi connectivity index (χ2n) is 9.01. The molecule has 0 radical (unpaired) electrons. The molecule has 1 saturated carbocycles. The molecule has 4 aliphatic rings. The lowest BCUT2D eigenvalue weighted by Gasteiger charge is -2.42. The van der Waals surface area contributed by atoms with E-state index in [4.69, 9.17) is 9.47 Å². The van der Waals surface area contributed by atoms with Crippen molar-refractivity contribution in [2.24, 2.45) is 5.92 Å². The Labute approximate surface area is 171 Å². The zero-order chi connectivity index (χ0) is 20.0. The van der Waals surface area contributed by atoms with Crippen molar-refractivity contribution in [3.63, 3.8) is 0 Å². The van der Waals surface area contributed by atoms with E-state index in [1.807, 2.05) is 18.2 Å². The fourth-order valence-electron chi connectivity index (χ4n) is 5.66. The van der Waals surface area contributed by atoms with Gasteiger partial charge in [-0.1, -0.05) is 12.5 Å². The number of imide groups is 1. The van der Waals surface area contributed by atoms with E-state index < -0.39 is 5.54 Å². The van der Waals surface area contributed by atoms with Crippen LogP contribution in [0.3, 0.4) is 0 Å². The second kappa shape index (κ2) is 7.20. The van der Waals surface area contributed by atoms with E-state index in [9.17, 15) is 9.59 Å². The highest BCUT2D eigenvalue weighted by Crippen LogP contribution is 2.37. The Kier molecular flexibility index (Phi) is 4.65. The van der Waals surface area contributed by atoms with Crippen LogP contribution >= 0.6 is 0 Å². The monoisotopic (exact) mass is 400 g/mol. The zero-order valence-corrected chi connectivity index (χ0v) is 17.0. The van der Waals surface area contributed by atoms with Crippen LogP contribution < -0.4 is 19.7 Å². The number of piperidine rings is 1. The fraction of sp³-hybridized carbons (Fsp3) is 0.636. The largest absolute Gasteiger partial charge is 0.486 e. The maximum absolute atomic E-state index is 13.4. The highest BCUT2D eigenvalue weighted by molar-refractivity contribution is 6.07. The standard InChI is InChI=1S/C22H29N3O4/c1-22(16-8-9-18-19(13-16)29-12-11-28-18)20(26)25(21(27)23-22)14-24-10-4-6-15-5-2-3-7-17(15)24/h8-9,13,15,17H,2-7,10-12,14H2,1H3,(H,23,27)/p+1/t15-,17+,22-/m1/s1. The van der Waals surface area contributed by atoms with E-state index >= 15 is 0 Å². The van der Waals surface area contributed by atoms with Crippen LogP contribution in [0.1, 0.15) is 51.0 Å². The van der Waals surface area contributed by atoms with Gasteiger partial charge < -0.3 is 19.7 Å². The molecule has 5 rings (SSSR count). The highest BCUT2D eigenvalue weighted by atomic mass is 16.6. The van der Waals surface area contributed by atoms with Crippen molar-refractivity contribution in [3.05, 3.63) is 23.8 Å². The first kappa shape index (κ1) is 18.7. The lowest BCUT2D eigenvalue weighted by molar-refractivity contribution is -0.942. The van der Waals surface area contributed by atoms with Crippen molar-refractivity contribution in [2.75, 3.05) is 26.4 Å². The minimum absolute atomic E-state index is 0.176. The Hall–Kier alpha value is -2.28. The summed E-state index contributed by atoms with van der Waals surface area (Å²) in [6.07, 6.45) is 7.56. The third-order valence-corrected chi connectivity index (χ3v) is 7.26. The average molecular weight is 400 g/mol. The normalized spacial score (nSPS) is 34.0. The molecule has 0 bridgehead atoms. The molecular weight excluding hydrogens is 370 g/mol. The Bertz CT molecular complexity index is 826. The topological polar surface area (TPSA) is 72.3 Å². The molecule has 3 amide bonds. The third-order valence-electron chi connectivity index (χ3n) is 7.26. The summed E-state index contributed by atoms with van der Waals surface area (Å²) < 4.78 is 11.3. The number of hydrogen-bond acceptors (Lipinski definition) is 4. The fourth-order valence-corrected chi connectivity index (χ4v) is 5.66. The van der Waals surface area contributed by atoms with Crippen molar-refractivity contribution >= 4 is 11.9 Å². The molecule has 4 atom stereocenters. The number of quaternary nitrogens is 1. The average Bonchev–Trinajstić information content (AvgIpc) is 2.97. The summed E-state index contributed by atoms with van der Waals surface area (Å²) in [6.45, 7) is 4.30. The van der Waals surface area contributed by atoms with E-state index in [1.54, 1.807) is 6.92 Å². The van der Waals surface area contributed by atoms with Crippen LogP contribution in [0.25, 0.3) is 0 Å². The van der Waals surface area contributed by atoms with E-state index in [0.717, 1.165) is 18.0 Å². The second-order valence-corrected chi connectivity index (χ2v) is 9.01. The minimum atomic E-state index is -1.08. The maximum Gasteiger partial charge on any atom is 0.329 e. The van der Waals surface area contributed by atoms with Crippen molar-refractivity contribution in [1.82, 2.24) is 10.2 Å². The number of amides is 3. The van der Waals surface area contributed by atoms with E-state index in [1.165, 1.54) is 48.3 Å². The van der Waals surface area contributed by atoms with Gasteiger partial charge in [0.05, 0.1) is 12.6 Å². The number of rotatable bonds is 3. The number of likely N-dealkylation sites (tertiary alicyclic amines) is 1. The number of benzene rings is 1. The van der Waals surface area contributed by atoms with Crippen molar-refractivity contribution in [3.8, 4) is 11.5 Å². The Morgan fingerprint density at radius 3 is 2.72 bits per heavy atom. The summed E-state index contributed by atoms with van der Waals surface area (Å²) in [6, 6.07) is 5.78. The van der Waals surface area contributed by atoms with Gasteiger partial charge >= 0.3 is 6.03 Å². The predicted molar refractivity (Wildman–Crippen MR) is 106 cm³/mol. The molecule has 7 heteroatoms. The number of fused-ring (bicyclic) bond motifs is 2. The summed E-state index contributed by atoms with van der Waals surface area (Å²) in [5, 5.41) is 2.94. The smallest absolute Gasteiger partial charge is 0.329 e. The molecule has 3 aliphatic heterocycles. The Balaban J connectivity index is 1.36.